The second-order valence-corrected chi connectivity index (χ2v) is 3.34. The number of methoxy groups -OCH3 is 1. The summed E-state index contributed by atoms with van der Waals surface area (Å²) < 4.78 is 10.4. The van der Waals surface area contributed by atoms with Crippen LogP contribution in [0.3, 0.4) is 0 Å². The zero-order chi connectivity index (χ0) is 12.7. The van der Waals surface area contributed by atoms with E-state index in [9.17, 15) is 9.59 Å². The van der Waals surface area contributed by atoms with Crippen molar-refractivity contribution in [2.45, 2.75) is 12.8 Å². The number of aliphatic carboxylic acids is 1. The number of benzene rings is 1. The van der Waals surface area contributed by atoms with Gasteiger partial charge in [-0.15, -0.1) is 0 Å². The topological polar surface area (TPSA) is 72.8 Å². The highest BCUT2D eigenvalue weighted by Crippen LogP contribution is 2.30. The van der Waals surface area contributed by atoms with E-state index in [1.54, 1.807) is 18.2 Å². The quantitative estimate of drug-likeness (QED) is 0.578. The summed E-state index contributed by atoms with van der Waals surface area (Å²) in [5.74, 6) is -0.0513. The number of para-hydroxylation sites is 1. The van der Waals surface area contributed by atoms with E-state index in [4.69, 9.17) is 14.6 Å². The second kappa shape index (κ2) is 6.52. The first kappa shape index (κ1) is 13.0. The van der Waals surface area contributed by atoms with Gasteiger partial charge in [0.1, 0.15) is 0 Å². The number of rotatable bonds is 7. The maximum atomic E-state index is 10.8. The molecule has 1 rings (SSSR count). The first-order chi connectivity index (χ1) is 8.19. The highest BCUT2D eigenvalue weighted by atomic mass is 16.5. The van der Waals surface area contributed by atoms with E-state index in [1.807, 2.05) is 0 Å². The van der Waals surface area contributed by atoms with Gasteiger partial charge in [-0.05, 0) is 18.6 Å². The van der Waals surface area contributed by atoms with Gasteiger partial charge in [0, 0.05) is 6.42 Å². The number of carbonyl (C=O) groups is 2. The Hall–Kier alpha value is -2.04. The molecule has 1 aromatic rings. The van der Waals surface area contributed by atoms with Gasteiger partial charge in [-0.1, -0.05) is 6.07 Å². The molecule has 0 bridgehead atoms. The molecule has 0 aliphatic rings. The molecule has 5 nitrogen and oxygen atoms in total. The van der Waals surface area contributed by atoms with E-state index >= 15 is 0 Å². The van der Waals surface area contributed by atoms with Gasteiger partial charge in [-0.3, -0.25) is 9.59 Å². The standard InChI is InChI=1S/C12H14O5/c1-16-10-5-2-4-9(8-13)12(10)17-7-3-6-11(14)15/h2,4-5,8H,3,6-7H2,1H3,(H,14,15). The molecule has 0 unspecified atom stereocenters. The maximum absolute atomic E-state index is 10.8. The minimum Gasteiger partial charge on any atom is -0.493 e. The van der Waals surface area contributed by atoms with Crippen molar-refractivity contribution >= 4 is 12.3 Å². The predicted molar refractivity (Wildman–Crippen MR) is 60.7 cm³/mol. The van der Waals surface area contributed by atoms with Crippen molar-refractivity contribution in [1.29, 1.82) is 0 Å². The molecule has 0 radical (unpaired) electrons. The van der Waals surface area contributed by atoms with Gasteiger partial charge in [-0.25, -0.2) is 0 Å². The van der Waals surface area contributed by atoms with Crippen LogP contribution in [0, 0.1) is 0 Å². The number of ether oxygens (including phenoxy) is 2. The minimum absolute atomic E-state index is 0.0333. The molecule has 0 saturated heterocycles. The monoisotopic (exact) mass is 238 g/mol. The third kappa shape index (κ3) is 3.79. The molecular formula is C12H14O5. The molecule has 92 valence electrons. The van der Waals surface area contributed by atoms with Crippen molar-refractivity contribution in [3.05, 3.63) is 23.8 Å². The molecule has 0 aliphatic heterocycles. The molecule has 5 heteroatoms. The average Bonchev–Trinajstić information content (AvgIpc) is 2.34. The predicted octanol–water partition coefficient (Wildman–Crippen LogP) is 1.75. The summed E-state index contributed by atoms with van der Waals surface area (Å²) in [6.07, 6.45) is 1.09. The molecule has 0 atom stereocenters. The van der Waals surface area contributed by atoms with Crippen LogP contribution < -0.4 is 9.47 Å². The molecule has 0 heterocycles. The van der Waals surface area contributed by atoms with Crippen molar-refractivity contribution in [3.8, 4) is 11.5 Å². The second-order valence-electron chi connectivity index (χ2n) is 3.34. The number of hydrogen-bond acceptors (Lipinski definition) is 4. The number of hydrogen-bond donors (Lipinski definition) is 1. The van der Waals surface area contributed by atoms with Gasteiger partial charge in [0.15, 0.2) is 17.8 Å². The van der Waals surface area contributed by atoms with E-state index in [2.05, 4.69) is 0 Å². The third-order valence-electron chi connectivity index (χ3n) is 2.14. The molecule has 1 aromatic carbocycles. The Morgan fingerprint density at radius 1 is 1.47 bits per heavy atom. The summed E-state index contributed by atoms with van der Waals surface area (Å²) >= 11 is 0. The fourth-order valence-electron chi connectivity index (χ4n) is 1.34. The highest BCUT2D eigenvalue weighted by molar-refractivity contribution is 5.81. The first-order valence-electron chi connectivity index (χ1n) is 5.15. The molecule has 0 aliphatic carbocycles. The van der Waals surface area contributed by atoms with Crippen LogP contribution in [0.25, 0.3) is 0 Å². The SMILES string of the molecule is COc1cccc(C=O)c1OCCCC(=O)O. The van der Waals surface area contributed by atoms with Crippen LogP contribution in [-0.4, -0.2) is 31.1 Å². The lowest BCUT2D eigenvalue weighted by molar-refractivity contribution is -0.137. The molecule has 0 amide bonds. The Kier molecular flexibility index (Phi) is 5.00. The van der Waals surface area contributed by atoms with Crippen LogP contribution in [0.2, 0.25) is 0 Å². The fraction of sp³-hybridized carbons (Fsp3) is 0.333. The zero-order valence-corrected chi connectivity index (χ0v) is 9.51. The van der Waals surface area contributed by atoms with Gasteiger partial charge in [0.2, 0.25) is 0 Å². The van der Waals surface area contributed by atoms with E-state index < -0.39 is 5.97 Å². The van der Waals surface area contributed by atoms with Crippen molar-refractivity contribution in [2.24, 2.45) is 0 Å². The van der Waals surface area contributed by atoms with E-state index in [1.165, 1.54) is 7.11 Å². The number of carbonyl (C=O) groups excluding carboxylic acids is 1. The Morgan fingerprint density at radius 3 is 2.82 bits per heavy atom. The van der Waals surface area contributed by atoms with Crippen LogP contribution in [0.15, 0.2) is 18.2 Å². The van der Waals surface area contributed by atoms with E-state index in [-0.39, 0.29) is 13.0 Å². The average molecular weight is 238 g/mol. The van der Waals surface area contributed by atoms with E-state index in [0.29, 0.717) is 29.8 Å². The van der Waals surface area contributed by atoms with Gasteiger partial charge >= 0.3 is 5.97 Å². The summed E-state index contributed by atoms with van der Waals surface area (Å²) in [6.45, 7) is 0.230. The van der Waals surface area contributed by atoms with E-state index in [0.717, 1.165) is 0 Å². The smallest absolute Gasteiger partial charge is 0.303 e. The highest BCUT2D eigenvalue weighted by Gasteiger charge is 2.09. The summed E-state index contributed by atoms with van der Waals surface area (Å²) in [4.78, 5) is 21.1. The largest absolute Gasteiger partial charge is 0.493 e. The Morgan fingerprint density at radius 2 is 2.24 bits per heavy atom. The van der Waals surface area contributed by atoms with Crippen LogP contribution in [0.1, 0.15) is 23.2 Å². The summed E-state index contributed by atoms with van der Waals surface area (Å²) in [5.41, 5.74) is 0.389. The number of aldehydes is 1. The Balaban J connectivity index is 2.67. The van der Waals surface area contributed by atoms with Gasteiger partial charge in [0.25, 0.3) is 0 Å². The fourth-order valence-corrected chi connectivity index (χ4v) is 1.34. The first-order valence-corrected chi connectivity index (χ1v) is 5.15. The summed E-state index contributed by atoms with van der Waals surface area (Å²) in [6, 6.07) is 4.98. The van der Waals surface area contributed by atoms with Crippen molar-refractivity contribution < 1.29 is 24.2 Å². The minimum atomic E-state index is -0.871. The van der Waals surface area contributed by atoms with Gasteiger partial charge in [-0.2, -0.15) is 0 Å². The Labute approximate surface area is 99.0 Å². The lowest BCUT2D eigenvalue weighted by Gasteiger charge is -2.11. The van der Waals surface area contributed by atoms with Crippen LogP contribution in [0.4, 0.5) is 0 Å². The zero-order valence-electron chi connectivity index (χ0n) is 9.51. The van der Waals surface area contributed by atoms with Crippen LogP contribution >= 0.6 is 0 Å². The van der Waals surface area contributed by atoms with Crippen LogP contribution in [-0.2, 0) is 4.79 Å². The molecule has 0 fully saturated rings. The molecule has 17 heavy (non-hydrogen) atoms. The van der Waals surface area contributed by atoms with Crippen LogP contribution in [0.5, 0.6) is 11.5 Å². The molecule has 0 aromatic heterocycles. The lowest BCUT2D eigenvalue weighted by atomic mass is 10.2. The molecular weight excluding hydrogens is 224 g/mol. The number of carboxylic acid groups (broad SMARTS) is 1. The molecule has 1 N–H and O–H groups in total. The van der Waals surface area contributed by atoms with Crippen molar-refractivity contribution in [2.75, 3.05) is 13.7 Å². The summed E-state index contributed by atoms with van der Waals surface area (Å²) in [5, 5.41) is 8.48. The molecule has 0 spiro atoms. The third-order valence-corrected chi connectivity index (χ3v) is 2.14. The van der Waals surface area contributed by atoms with Gasteiger partial charge < -0.3 is 14.6 Å². The Bertz CT molecular complexity index is 400. The van der Waals surface area contributed by atoms with Gasteiger partial charge in [0.05, 0.1) is 19.3 Å². The lowest BCUT2D eigenvalue weighted by Crippen LogP contribution is -2.04. The summed E-state index contributed by atoms with van der Waals surface area (Å²) in [7, 11) is 1.48. The van der Waals surface area contributed by atoms with Crippen molar-refractivity contribution in [3.63, 3.8) is 0 Å². The molecule has 0 saturated carbocycles. The maximum Gasteiger partial charge on any atom is 0.303 e. The number of carboxylic acids is 1. The normalized spacial score (nSPS) is 9.71. The van der Waals surface area contributed by atoms with Crippen molar-refractivity contribution in [1.82, 2.24) is 0 Å².